The van der Waals surface area contributed by atoms with Crippen LogP contribution in [0, 0.1) is 11.3 Å². The van der Waals surface area contributed by atoms with Gasteiger partial charge in [0.05, 0.1) is 0 Å². The highest BCUT2D eigenvalue weighted by molar-refractivity contribution is 5.76. The van der Waals surface area contributed by atoms with E-state index in [2.05, 4.69) is 18.7 Å². The lowest BCUT2D eigenvalue weighted by atomic mass is 9.82. The van der Waals surface area contributed by atoms with E-state index >= 15 is 0 Å². The molecule has 122 valence electrons. The van der Waals surface area contributed by atoms with Gasteiger partial charge >= 0.3 is 0 Å². The number of carbonyl (C=O) groups is 1. The molecule has 1 saturated carbocycles. The number of likely N-dealkylation sites (tertiary alicyclic amines) is 1. The summed E-state index contributed by atoms with van der Waals surface area (Å²) in [6, 6.07) is 0.551. The summed E-state index contributed by atoms with van der Waals surface area (Å²) in [5, 5.41) is 0. The highest BCUT2D eigenvalue weighted by Crippen LogP contribution is 2.35. The van der Waals surface area contributed by atoms with Crippen LogP contribution in [0.15, 0.2) is 0 Å². The Morgan fingerprint density at radius 1 is 1.10 bits per heavy atom. The van der Waals surface area contributed by atoms with Gasteiger partial charge in [0.2, 0.25) is 5.91 Å². The summed E-state index contributed by atoms with van der Waals surface area (Å²) in [6.07, 6.45) is 11.9. The molecule has 1 aliphatic carbocycles. The van der Waals surface area contributed by atoms with Crippen LogP contribution in [-0.2, 0) is 4.79 Å². The van der Waals surface area contributed by atoms with Crippen molar-refractivity contribution in [2.24, 2.45) is 17.1 Å². The molecule has 1 amide bonds. The van der Waals surface area contributed by atoms with Crippen molar-refractivity contribution in [3.05, 3.63) is 0 Å². The second kappa shape index (κ2) is 7.62. The predicted octanol–water partition coefficient (Wildman–Crippen LogP) is 3.71. The maximum absolute atomic E-state index is 12.6. The number of nitrogens with zero attached hydrogens (tertiary/aromatic N) is 1. The largest absolute Gasteiger partial charge is 0.339 e. The van der Waals surface area contributed by atoms with Crippen molar-refractivity contribution in [1.82, 2.24) is 4.90 Å². The summed E-state index contributed by atoms with van der Waals surface area (Å²) in [4.78, 5) is 14.9. The standard InChI is InChI=1S/C18H34N2O/c1-18(2,12-13-19)11-10-17(21)20-14-6-9-16(20)15-7-4-3-5-8-15/h15-16H,3-14,19H2,1-2H3. The molecule has 0 radical (unpaired) electrons. The normalized spacial score (nSPS) is 24.5. The maximum Gasteiger partial charge on any atom is 0.222 e. The number of carbonyl (C=O) groups excluding carboxylic acids is 1. The lowest BCUT2D eigenvalue weighted by Crippen LogP contribution is -2.41. The van der Waals surface area contributed by atoms with Gasteiger partial charge in [-0.2, -0.15) is 0 Å². The summed E-state index contributed by atoms with van der Waals surface area (Å²) in [5.41, 5.74) is 5.87. The smallest absolute Gasteiger partial charge is 0.222 e. The summed E-state index contributed by atoms with van der Waals surface area (Å²) in [5.74, 6) is 1.18. The van der Waals surface area contributed by atoms with Crippen LogP contribution in [0.1, 0.15) is 78.1 Å². The van der Waals surface area contributed by atoms with E-state index < -0.39 is 0 Å². The molecule has 3 heteroatoms. The fraction of sp³-hybridized carbons (Fsp3) is 0.944. The van der Waals surface area contributed by atoms with Crippen LogP contribution in [-0.4, -0.2) is 29.9 Å². The van der Waals surface area contributed by atoms with Gasteiger partial charge in [-0.3, -0.25) is 4.79 Å². The molecule has 1 aliphatic heterocycles. The monoisotopic (exact) mass is 294 g/mol. The van der Waals surface area contributed by atoms with E-state index in [4.69, 9.17) is 5.73 Å². The first-order valence-corrected chi connectivity index (χ1v) is 9.03. The van der Waals surface area contributed by atoms with Crippen molar-refractivity contribution in [2.45, 2.75) is 84.1 Å². The maximum atomic E-state index is 12.6. The highest BCUT2D eigenvalue weighted by Gasteiger charge is 2.35. The number of hydrogen-bond acceptors (Lipinski definition) is 2. The van der Waals surface area contributed by atoms with Crippen molar-refractivity contribution < 1.29 is 4.79 Å². The molecular weight excluding hydrogens is 260 g/mol. The van der Waals surface area contributed by atoms with Crippen LogP contribution < -0.4 is 5.73 Å². The summed E-state index contributed by atoms with van der Waals surface area (Å²) >= 11 is 0. The van der Waals surface area contributed by atoms with Crippen LogP contribution in [0.25, 0.3) is 0 Å². The molecule has 1 atom stereocenters. The van der Waals surface area contributed by atoms with Crippen molar-refractivity contribution in [2.75, 3.05) is 13.1 Å². The topological polar surface area (TPSA) is 46.3 Å². The zero-order chi connectivity index (χ0) is 15.3. The van der Waals surface area contributed by atoms with Crippen LogP contribution >= 0.6 is 0 Å². The molecule has 2 aliphatic rings. The Morgan fingerprint density at radius 2 is 1.81 bits per heavy atom. The third-order valence-corrected chi connectivity index (χ3v) is 5.65. The Morgan fingerprint density at radius 3 is 2.48 bits per heavy atom. The van der Waals surface area contributed by atoms with Crippen LogP contribution in [0.5, 0.6) is 0 Å². The van der Waals surface area contributed by atoms with E-state index in [0.29, 0.717) is 18.4 Å². The highest BCUT2D eigenvalue weighted by atomic mass is 16.2. The predicted molar refractivity (Wildman–Crippen MR) is 88.0 cm³/mol. The molecule has 0 aromatic heterocycles. The first-order chi connectivity index (χ1) is 10.0. The Balaban J connectivity index is 1.85. The van der Waals surface area contributed by atoms with E-state index in [-0.39, 0.29) is 5.41 Å². The van der Waals surface area contributed by atoms with E-state index in [9.17, 15) is 4.79 Å². The van der Waals surface area contributed by atoms with E-state index in [1.165, 1.54) is 44.9 Å². The fourth-order valence-corrected chi connectivity index (χ4v) is 4.22. The molecule has 2 rings (SSSR count). The molecule has 1 saturated heterocycles. The van der Waals surface area contributed by atoms with Crippen molar-refractivity contribution in [1.29, 1.82) is 0 Å². The number of rotatable bonds is 6. The molecule has 1 unspecified atom stereocenters. The minimum Gasteiger partial charge on any atom is -0.339 e. The SMILES string of the molecule is CC(C)(CCN)CCC(=O)N1CCCC1C1CCCCC1. The van der Waals surface area contributed by atoms with Gasteiger partial charge in [-0.1, -0.05) is 33.1 Å². The Kier molecular flexibility index (Phi) is 6.09. The molecule has 0 aromatic rings. The number of nitrogens with two attached hydrogens (primary N) is 1. The summed E-state index contributed by atoms with van der Waals surface area (Å²) in [6.45, 7) is 6.18. The zero-order valence-corrected chi connectivity index (χ0v) is 14.1. The quantitative estimate of drug-likeness (QED) is 0.811. The van der Waals surface area contributed by atoms with Gasteiger partial charge in [-0.05, 0) is 56.4 Å². The molecule has 21 heavy (non-hydrogen) atoms. The van der Waals surface area contributed by atoms with Gasteiger partial charge in [-0.25, -0.2) is 0 Å². The Hall–Kier alpha value is -0.570. The van der Waals surface area contributed by atoms with E-state index in [0.717, 1.165) is 31.8 Å². The summed E-state index contributed by atoms with van der Waals surface area (Å²) < 4.78 is 0. The zero-order valence-electron chi connectivity index (χ0n) is 14.1. The lowest BCUT2D eigenvalue weighted by molar-refractivity contribution is -0.133. The van der Waals surface area contributed by atoms with Crippen LogP contribution in [0.4, 0.5) is 0 Å². The number of amides is 1. The second-order valence-corrected chi connectivity index (χ2v) is 7.90. The van der Waals surface area contributed by atoms with Crippen LogP contribution in [0.2, 0.25) is 0 Å². The Bertz CT molecular complexity index is 334. The van der Waals surface area contributed by atoms with Crippen molar-refractivity contribution in [3.63, 3.8) is 0 Å². The van der Waals surface area contributed by atoms with Crippen molar-refractivity contribution >= 4 is 5.91 Å². The minimum absolute atomic E-state index is 0.199. The summed E-state index contributed by atoms with van der Waals surface area (Å²) in [7, 11) is 0. The van der Waals surface area contributed by atoms with Crippen molar-refractivity contribution in [3.8, 4) is 0 Å². The van der Waals surface area contributed by atoms with Gasteiger partial charge in [0, 0.05) is 19.0 Å². The first kappa shape index (κ1) is 16.8. The molecule has 3 nitrogen and oxygen atoms in total. The minimum atomic E-state index is 0.199. The lowest BCUT2D eigenvalue weighted by Gasteiger charge is -2.35. The first-order valence-electron chi connectivity index (χ1n) is 9.03. The third kappa shape index (κ3) is 4.70. The van der Waals surface area contributed by atoms with E-state index in [1.807, 2.05) is 0 Å². The molecule has 1 heterocycles. The van der Waals surface area contributed by atoms with Gasteiger partial charge < -0.3 is 10.6 Å². The Labute approximate surface area is 130 Å². The van der Waals surface area contributed by atoms with Gasteiger partial charge in [0.15, 0.2) is 0 Å². The third-order valence-electron chi connectivity index (χ3n) is 5.65. The molecule has 0 bridgehead atoms. The van der Waals surface area contributed by atoms with Crippen LogP contribution in [0.3, 0.4) is 0 Å². The van der Waals surface area contributed by atoms with Gasteiger partial charge in [-0.15, -0.1) is 0 Å². The fourth-order valence-electron chi connectivity index (χ4n) is 4.22. The molecular formula is C18H34N2O. The molecule has 2 fully saturated rings. The molecule has 2 N–H and O–H groups in total. The molecule has 0 spiro atoms. The second-order valence-electron chi connectivity index (χ2n) is 7.90. The number of hydrogen-bond donors (Lipinski definition) is 1. The average molecular weight is 294 g/mol. The van der Waals surface area contributed by atoms with E-state index in [1.54, 1.807) is 0 Å². The molecule has 0 aromatic carbocycles. The van der Waals surface area contributed by atoms with Gasteiger partial charge in [0.1, 0.15) is 0 Å². The average Bonchev–Trinajstić information content (AvgIpc) is 2.95. The van der Waals surface area contributed by atoms with Gasteiger partial charge in [0.25, 0.3) is 0 Å².